The van der Waals surface area contributed by atoms with Crippen LogP contribution in [0.5, 0.6) is 11.5 Å². The summed E-state index contributed by atoms with van der Waals surface area (Å²) < 4.78 is 10.6. The summed E-state index contributed by atoms with van der Waals surface area (Å²) in [5.41, 5.74) is 1.27. The van der Waals surface area contributed by atoms with Crippen molar-refractivity contribution in [3.63, 3.8) is 0 Å². The largest absolute Gasteiger partial charge is 0.493 e. The average Bonchev–Trinajstić information content (AvgIpc) is 2.65. The molecular formula is C13H12BrNO4. The fraction of sp³-hybridized carbons (Fsp3) is 0.231. The number of methoxy groups -OCH3 is 2. The third kappa shape index (κ3) is 2.63. The van der Waals surface area contributed by atoms with E-state index in [4.69, 9.17) is 9.47 Å². The summed E-state index contributed by atoms with van der Waals surface area (Å²) in [6.07, 6.45) is 0.346. The molecule has 5 nitrogen and oxygen atoms in total. The second kappa shape index (κ2) is 5.44. The SMILES string of the molecule is COc1ccc(CC2=C(Br)C(=O)NC2=O)cc1OC. The van der Waals surface area contributed by atoms with Gasteiger partial charge >= 0.3 is 0 Å². The predicted octanol–water partition coefficient (Wildman–Crippen LogP) is 1.55. The van der Waals surface area contributed by atoms with Crippen LogP contribution in [0, 0.1) is 0 Å². The van der Waals surface area contributed by atoms with Crippen molar-refractivity contribution in [1.82, 2.24) is 5.32 Å². The molecular weight excluding hydrogens is 314 g/mol. The number of ether oxygens (including phenoxy) is 2. The minimum Gasteiger partial charge on any atom is -0.493 e. The number of nitrogens with one attached hydrogen (secondary N) is 1. The highest BCUT2D eigenvalue weighted by Crippen LogP contribution is 2.30. The quantitative estimate of drug-likeness (QED) is 0.853. The third-order valence-electron chi connectivity index (χ3n) is 2.79. The zero-order valence-corrected chi connectivity index (χ0v) is 12.0. The van der Waals surface area contributed by atoms with Gasteiger partial charge in [0.15, 0.2) is 11.5 Å². The van der Waals surface area contributed by atoms with Crippen molar-refractivity contribution in [3.05, 3.63) is 33.8 Å². The van der Waals surface area contributed by atoms with Gasteiger partial charge in [0.2, 0.25) is 0 Å². The molecule has 0 fully saturated rings. The molecule has 0 saturated carbocycles. The highest BCUT2D eigenvalue weighted by molar-refractivity contribution is 9.12. The summed E-state index contributed by atoms with van der Waals surface area (Å²) in [6, 6.07) is 5.37. The molecule has 1 aliphatic heterocycles. The zero-order valence-electron chi connectivity index (χ0n) is 10.5. The Hall–Kier alpha value is -1.82. The number of hydrogen-bond acceptors (Lipinski definition) is 4. The Bertz CT molecular complexity index is 580. The second-order valence-electron chi connectivity index (χ2n) is 3.94. The van der Waals surface area contributed by atoms with E-state index in [-0.39, 0.29) is 10.4 Å². The number of carbonyl (C=O) groups excluding carboxylic acids is 2. The molecule has 0 spiro atoms. The molecule has 0 saturated heterocycles. The maximum Gasteiger partial charge on any atom is 0.265 e. The van der Waals surface area contributed by atoms with Crippen LogP contribution >= 0.6 is 15.9 Å². The summed E-state index contributed by atoms with van der Waals surface area (Å²) in [5.74, 6) is 0.430. The topological polar surface area (TPSA) is 64.6 Å². The van der Waals surface area contributed by atoms with Gasteiger partial charge in [-0.3, -0.25) is 14.9 Å². The van der Waals surface area contributed by atoms with Crippen molar-refractivity contribution in [1.29, 1.82) is 0 Å². The van der Waals surface area contributed by atoms with Crippen molar-refractivity contribution in [2.75, 3.05) is 14.2 Å². The molecule has 100 valence electrons. The summed E-state index contributed by atoms with van der Waals surface area (Å²) in [6.45, 7) is 0. The van der Waals surface area contributed by atoms with E-state index in [1.807, 2.05) is 6.07 Å². The number of halogens is 1. The van der Waals surface area contributed by atoms with Crippen molar-refractivity contribution in [3.8, 4) is 11.5 Å². The lowest BCUT2D eigenvalue weighted by molar-refractivity contribution is -0.123. The minimum atomic E-state index is -0.402. The number of imide groups is 1. The molecule has 0 atom stereocenters. The van der Waals surface area contributed by atoms with Crippen LogP contribution in [0.4, 0.5) is 0 Å². The van der Waals surface area contributed by atoms with Gasteiger partial charge < -0.3 is 9.47 Å². The summed E-state index contributed by atoms with van der Waals surface area (Å²) in [4.78, 5) is 22.9. The van der Waals surface area contributed by atoms with Gasteiger partial charge in [-0.15, -0.1) is 0 Å². The first-order valence-electron chi connectivity index (χ1n) is 5.52. The molecule has 0 aromatic heterocycles. The lowest BCUT2D eigenvalue weighted by Gasteiger charge is -2.09. The Balaban J connectivity index is 2.30. The van der Waals surface area contributed by atoms with Crippen LogP contribution in [0.1, 0.15) is 5.56 Å². The van der Waals surface area contributed by atoms with Gasteiger partial charge in [-0.2, -0.15) is 0 Å². The van der Waals surface area contributed by atoms with E-state index in [1.165, 1.54) is 0 Å². The zero-order chi connectivity index (χ0) is 14.0. The first-order chi connectivity index (χ1) is 9.06. The van der Waals surface area contributed by atoms with E-state index < -0.39 is 5.91 Å². The van der Waals surface area contributed by atoms with Crippen LogP contribution < -0.4 is 14.8 Å². The average molecular weight is 326 g/mol. The van der Waals surface area contributed by atoms with E-state index in [1.54, 1.807) is 26.4 Å². The number of rotatable bonds is 4. The molecule has 0 radical (unpaired) electrons. The van der Waals surface area contributed by atoms with Crippen molar-refractivity contribution in [2.24, 2.45) is 0 Å². The van der Waals surface area contributed by atoms with E-state index >= 15 is 0 Å². The fourth-order valence-electron chi connectivity index (χ4n) is 1.82. The molecule has 2 rings (SSSR count). The standard InChI is InChI=1S/C13H12BrNO4/c1-18-9-4-3-7(6-10(9)19-2)5-8-11(14)13(17)15-12(8)16/h3-4,6H,5H2,1-2H3,(H,15,16,17). The van der Waals surface area contributed by atoms with Gasteiger partial charge in [0.25, 0.3) is 11.8 Å². The van der Waals surface area contributed by atoms with E-state index in [0.29, 0.717) is 23.5 Å². The Morgan fingerprint density at radius 1 is 1.11 bits per heavy atom. The lowest BCUT2D eigenvalue weighted by Crippen LogP contribution is -2.23. The first kappa shape index (κ1) is 13.6. The monoisotopic (exact) mass is 325 g/mol. The van der Waals surface area contributed by atoms with Crippen molar-refractivity contribution in [2.45, 2.75) is 6.42 Å². The molecule has 1 aliphatic rings. The second-order valence-corrected chi connectivity index (χ2v) is 4.73. The van der Waals surface area contributed by atoms with Crippen LogP contribution in [0.2, 0.25) is 0 Å². The van der Waals surface area contributed by atoms with Crippen LogP contribution in [0.25, 0.3) is 0 Å². The van der Waals surface area contributed by atoms with Gasteiger partial charge in [-0.25, -0.2) is 0 Å². The minimum absolute atomic E-state index is 0.285. The molecule has 1 aromatic rings. The summed E-state index contributed by atoms with van der Waals surface area (Å²) in [5, 5.41) is 2.23. The number of hydrogen-bond donors (Lipinski definition) is 1. The molecule has 6 heteroatoms. The smallest absolute Gasteiger partial charge is 0.265 e. The van der Waals surface area contributed by atoms with E-state index in [9.17, 15) is 9.59 Å². The van der Waals surface area contributed by atoms with Gasteiger partial charge in [0.1, 0.15) is 0 Å². The highest BCUT2D eigenvalue weighted by Gasteiger charge is 2.28. The molecule has 19 heavy (non-hydrogen) atoms. The predicted molar refractivity (Wildman–Crippen MR) is 72.4 cm³/mol. The molecule has 1 N–H and O–H groups in total. The first-order valence-corrected chi connectivity index (χ1v) is 6.31. The van der Waals surface area contributed by atoms with Gasteiger partial charge in [-0.05, 0) is 33.6 Å². The summed E-state index contributed by atoms with van der Waals surface area (Å²) in [7, 11) is 3.10. The van der Waals surface area contributed by atoms with Gasteiger partial charge in [0, 0.05) is 12.0 Å². The molecule has 1 aromatic carbocycles. The van der Waals surface area contributed by atoms with Crippen LogP contribution in [0.3, 0.4) is 0 Å². The number of amides is 2. The molecule has 0 unspecified atom stereocenters. The van der Waals surface area contributed by atoms with Crippen LogP contribution in [-0.4, -0.2) is 26.0 Å². The van der Waals surface area contributed by atoms with Crippen molar-refractivity contribution < 1.29 is 19.1 Å². The normalized spacial score (nSPS) is 14.7. The fourth-order valence-corrected chi connectivity index (χ4v) is 2.24. The molecule has 2 amide bonds. The molecule has 0 bridgehead atoms. The Kier molecular flexibility index (Phi) is 3.90. The van der Waals surface area contributed by atoms with E-state index in [2.05, 4.69) is 21.2 Å². The van der Waals surface area contributed by atoms with E-state index in [0.717, 1.165) is 5.56 Å². The van der Waals surface area contributed by atoms with Crippen LogP contribution in [0.15, 0.2) is 28.3 Å². The van der Waals surface area contributed by atoms with Crippen LogP contribution in [-0.2, 0) is 16.0 Å². The molecule has 0 aliphatic carbocycles. The lowest BCUT2D eigenvalue weighted by atomic mass is 10.0. The summed E-state index contributed by atoms with van der Waals surface area (Å²) >= 11 is 3.12. The third-order valence-corrected chi connectivity index (χ3v) is 3.63. The maximum absolute atomic E-state index is 11.6. The number of benzene rings is 1. The Labute approximate surface area is 118 Å². The van der Waals surface area contributed by atoms with Gasteiger partial charge in [-0.1, -0.05) is 6.07 Å². The Morgan fingerprint density at radius 3 is 2.32 bits per heavy atom. The molecule has 1 heterocycles. The Morgan fingerprint density at radius 2 is 1.79 bits per heavy atom. The van der Waals surface area contributed by atoms with Gasteiger partial charge in [0.05, 0.1) is 18.7 Å². The maximum atomic E-state index is 11.6. The highest BCUT2D eigenvalue weighted by atomic mass is 79.9. The number of carbonyl (C=O) groups is 2. The van der Waals surface area contributed by atoms with Crippen molar-refractivity contribution >= 4 is 27.7 Å².